The predicted molar refractivity (Wildman–Crippen MR) is 212 cm³/mol. The Morgan fingerprint density at radius 1 is 0.825 bits per heavy atom. The molecule has 15 nitrogen and oxygen atoms in total. The quantitative estimate of drug-likeness (QED) is 0.226. The van der Waals surface area contributed by atoms with E-state index in [0.717, 1.165) is 110 Å². The standard InChI is InChI=1S/C41H41FN12O3/c42-28-6-1-5-27(21-28)31-10-4-16-52(31)37-14-13-35-43-22-34(53(35)47-37)29-7-3-11-36(44-29)50-19-17-49(18-20-50)23-26-24-51(25-26)32-9-2-8-30-39(32)41(57)54(48-46-30)33-12-15-38(55)45-40(33)56/h1-3,5-9,11,13-14,21-22,26,31,33H,4,10,12,15-20,23-25H2,(H,45,55,56)/t31-,33?/m1/s1. The van der Waals surface area contributed by atoms with E-state index in [4.69, 9.17) is 10.1 Å². The van der Waals surface area contributed by atoms with E-state index in [1.807, 2.05) is 53.2 Å². The summed E-state index contributed by atoms with van der Waals surface area (Å²) in [6, 6.07) is 21.7. The summed E-state index contributed by atoms with van der Waals surface area (Å²) >= 11 is 0. The lowest BCUT2D eigenvalue weighted by Gasteiger charge is -2.45. The molecule has 57 heavy (non-hydrogen) atoms. The van der Waals surface area contributed by atoms with Gasteiger partial charge in [0.2, 0.25) is 5.91 Å². The molecule has 4 fully saturated rings. The third-order valence-corrected chi connectivity index (χ3v) is 11.8. The molecule has 4 aliphatic heterocycles. The second-order valence-electron chi connectivity index (χ2n) is 15.4. The van der Waals surface area contributed by atoms with Gasteiger partial charge in [-0.25, -0.2) is 18.9 Å². The van der Waals surface area contributed by atoms with Crippen molar-refractivity contribution in [1.82, 2.24) is 44.8 Å². The Hall–Kier alpha value is -6.29. The first-order valence-electron chi connectivity index (χ1n) is 19.6. The number of fused-ring (bicyclic) bond motifs is 2. The van der Waals surface area contributed by atoms with Gasteiger partial charge in [0.15, 0.2) is 5.65 Å². The number of nitrogens with zero attached hydrogens (tertiary/aromatic N) is 11. The molecule has 0 saturated carbocycles. The number of halogens is 1. The number of rotatable bonds is 8. The molecule has 1 unspecified atom stereocenters. The summed E-state index contributed by atoms with van der Waals surface area (Å²) in [4.78, 5) is 56.9. The Bertz CT molecular complexity index is 2580. The highest BCUT2D eigenvalue weighted by Crippen LogP contribution is 2.36. The summed E-state index contributed by atoms with van der Waals surface area (Å²) in [6.45, 7) is 6.93. The van der Waals surface area contributed by atoms with Gasteiger partial charge in [0, 0.05) is 64.7 Å². The van der Waals surface area contributed by atoms with Crippen LogP contribution in [0.1, 0.15) is 43.3 Å². The minimum atomic E-state index is -0.861. The normalized spacial score (nSPS) is 20.8. The van der Waals surface area contributed by atoms with Crippen molar-refractivity contribution in [3.8, 4) is 11.4 Å². The third-order valence-electron chi connectivity index (χ3n) is 11.8. The number of nitrogens with one attached hydrogen (secondary N) is 1. The average Bonchev–Trinajstić information content (AvgIpc) is 3.88. The molecule has 10 rings (SSSR count). The van der Waals surface area contributed by atoms with Gasteiger partial charge in [0.25, 0.3) is 11.5 Å². The highest BCUT2D eigenvalue weighted by Gasteiger charge is 2.34. The molecule has 2 atom stereocenters. The van der Waals surface area contributed by atoms with Crippen LogP contribution in [0.15, 0.2) is 83.8 Å². The Morgan fingerprint density at radius 2 is 1.67 bits per heavy atom. The van der Waals surface area contributed by atoms with E-state index in [2.05, 4.69) is 46.3 Å². The second kappa shape index (κ2) is 14.3. The number of piperazine rings is 1. The number of carbonyl (C=O) groups is 2. The van der Waals surface area contributed by atoms with Gasteiger partial charge in [0.05, 0.1) is 29.0 Å². The minimum Gasteiger partial charge on any atom is -0.370 e. The molecule has 0 aliphatic carbocycles. The number of amides is 2. The van der Waals surface area contributed by atoms with E-state index in [1.165, 1.54) is 6.07 Å². The van der Waals surface area contributed by atoms with Crippen LogP contribution in [0.2, 0.25) is 0 Å². The van der Waals surface area contributed by atoms with Crippen LogP contribution in [0.5, 0.6) is 0 Å². The number of piperidine rings is 1. The maximum atomic E-state index is 14.1. The monoisotopic (exact) mass is 768 g/mol. The van der Waals surface area contributed by atoms with E-state index >= 15 is 0 Å². The lowest BCUT2D eigenvalue weighted by atomic mass is 9.97. The van der Waals surface area contributed by atoms with Gasteiger partial charge in [-0.1, -0.05) is 29.5 Å². The fourth-order valence-corrected chi connectivity index (χ4v) is 8.91. The molecule has 2 aromatic carbocycles. The predicted octanol–water partition coefficient (Wildman–Crippen LogP) is 3.61. The molecule has 0 spiro atoms. The molecule has 16 heteroatoms. The van der Waals surface area contributed by atoms with Gasteiger partial charge in [0.1, 0.15) is 34.7 Å². The Labute approximate surface area is 326 Å². The third kappa shape index (κ3) is 6.52. The first kappa shape index (κ1) is 35.1. The van der Waals surface area contributed by atoms with E-state index in [-0.39, 0.29) is 36.2 Å². The largest absolute Gasteiger partial charge is 0.370 e. The number of hydrogen-bond donors (Lipinski definition) is 1. The minimum absolute atomic E-state index is 0.0637. The molecular weight excluding hydrogens is 728 g/mol. The molecule has 4 saturated heterocycles. The van der Waals surface area contributed by atoms with Gasteiger partial charge in [-0.3, -0.25) is 24.6 Å². The van der Waals surface area contributed by atoms with Crippen LogP contribution >= 0.6 is 0 Å². The molecule has 1 N–H and O–H groups in total. The van der Waals surface area contributed by atoms with Gasteiger partial charge >= 0.3 is 0 Å². The number of carbonyl (C=O) groups excluding carboxylic acids is 2. The SMILES string of the molecule is O=C1CCC(n2nnc3cccc(N4CC(CN5CCN(c6cccc(-c7cnc8ccc(N9CCC[C@@H]9c9cccc(F)c9)nn78)n6)CC5)C4)c3c2=O)C(=O)N1. The van der Waals surface area contributed by atoms with Gasteiger partial charge in [-0.15, -0.1) is 10.2 Å². The number of anilines is 3. The molecule has 8 heterocycles. The average molecular weight is 769 g/mol. The van der Waals surface area contributed by atoms with Crippen molar-refractivity contribution in [2.75, 3.05) is 67.1 Å². The zero-order chi connectivity index (χ0) is 38.6. The van der Waals surface area contributed by atoms with Crippen LogP contribution in [0.3, 0.4) is 0 Å². The van der Waals surface area contributed by atoms with Crippen molar-refractivity contribution in [3.05, 3.63) is 101 Å². The fraction of sp³-hybridized carbons (Fsp3) is 0.366. The molecule has 4 aliphatic rings. The molecule has 6 aromatic rings. The van der Waals surface area contributed by atoms with Crippen molar-refractivity contribution in [2.45, 2.75) is 37.8 Å². The molecular formula is C41H41FN12O3. The second-order valence-corrected chi connectivity index (χ2v) is 15.4. The van der Waals surface area contributed by atoms with Crippen LogP contribution in [-0.4, -0.2) is 104 Å². The maximum Gasteiger partial charge on any atom is 0.280 e. The Morgan fingerprint density at radius 3 is 2.51 bits per heavy atom. The summed E-state index contributed by atoms with van der Waals surface area (Å²) in [7, 11) is 0. The van der Waals surface area contributed by atoms with E-state index in [9.17, 15) is 18.8 Å². The van der Waals surface area contributed by atoms with Crippen molar-refractivity contribution in [3.63, 3.8) is 0 Å². The molecule has 290 valence electrons. The number of imidazole rings is 1. The number of hydrogen-bond acceptors (Lipinski definition) is 12. The first-order chi connectivity index (χ1) is 27.9. The summed E-state index contributed by atoms with van der Waals surface area (Å²) < 4.78 is 17.1. The highest BCUT2D eigenvalue weighted by atomic mass is 19.1. The van der Waals surface area contributed by atoms with Gasteiger partial charge in [-0.05, 0) is 73.4 Å². The summed E-state index contributed by atoms with van der Waals surface area (Å²) in [5, 5.41) is 16.1. The number of aromatic nitrogens is 7. The smallest absolute Gasteiger partial charge is 0.280 e. The van der Waals surface area contributed by atoms with E-state index < -0.39 is 11.9 Å². The van der Waals surface area contributed by atoms with Gasteiger partial charge < -0.3 is 14.7 Å². The lowest BCUT2D eigenvalue weighted by Crippen LogP contribution is -2.55. The lowest BCUT2D eigenvalue weighted by molar-refractivity contribution is -0.136. The zero-order valence-electron chi connectivity index (χ0n) is 31.2. The van der Waals surface area contributed by atoms with Gasteiger partial charge in [-0.2, -0.15) is 4.68 Å². The van der Waals surface area contributed by atoms with E-state index in [0.29, 0.717) is 16.8 Å². The van der Waals surface area contributed by atoms with E-state index in [1.54, 1.807) is 18.2 Å². The van der Waals surface area contributed by atoms with Crippen molar-refractivity contribution < 1.29 is 14.0 Å². The van der Waals surface area contributed by atoms with Crippen LogP contribution in [-0.2, 0) is 9.59 Å². The van der Waals surface area contributed by atoms with Crippen LogP contribution < -0.4 is 25.6 Å². The molecule has 2 amide bonds. The topological polar surface area (TPSA) is 150 Å². The summed E-state index contributed by atoms with van der Waals surface area (Å²) in [5.41, 5.74) is 4.22. The zero-order valence-corrected chi connectivity index (χ0v) is 31.2. The first-order valence-corrected chi connectivity index (χ1v) is 19.6. The number of benzene rings is 2. The van der Waals surface area contributed by atoms with Crippen molar-refractivity contribution in [1.29, 1.82) is 0 Å². The Kier molecular flexibility index (Phi) is 8.84. The number of pyridine rings is 1. The van der Waals surface area contributed by atoms with Crippen molar-refractivity contribution >= 4 is 45.7 Å². The van der Waals surface area contributed by atoms with Crippen LogP contribution in [0, 0.1) is 11.7 Å². The van der Waals surface area contributed by atoms with Crippen LogP contribution in [0.4, 0.5) is 21.7 Å². The summed E-state index contributed by atoms with van der Waals surface area (Å²) in [5.74, 6) is 1.09. The summed E-state index contributed by atoms with van der Waals surface area (Å²) in [6.07, 6.45) is 4.14. The maximum absolute atomic E-state index is 14.1. The number of imide groups is 1. The highest BCUT2D eigenvalue weighted by molar-refractivity contribution is 5.99. The van der Waals surface area contributed by atoms with Crippen LogP contribution in [0.25, 0.3) is 27.9 Å². The fourth-order valence-electron chi connectivity index (χ4n) is 8.91. The van der Waals surface area contributed by atoms with Crippen molar-refractivity contribution in [2.24, 2.45) is 5.92 Å². The molecule has 0 bridgehead atoms. The Balaban J connectivity index is 0.785. The molecule has 4 aromatic heterocycles. The molecule has 0 radical (unpaired) electrons.